The number of rotatable bonds is 3. The monoisotopic (exact) mass is 262 g/mol. The molecule has 0 aliphatic carbocycles. The van der Waals surface area contributed by atoms with E-state index in [-0.39, 0.29) is 5.91 Å². The zero-order valence-corrected chi connectivity index (χ0v) is 11.7. The Labute approximate surface area is 114 Å². The first kappa shape index (κ1) is 12.7. The molecule has 1 amide bonds. The van der Waals surface area contributed by atoms with Crippen LogP contribution in [0, 0.1) is 5.92 Å². The Morgan fingerprint density at radius 2 is 2.16 bits per heavy atom. The Balaban J connectivity index is 1.70. The van der Waals surface area contributed by atoms with Crippen LogP contribution in [0.3, 0.4) is 0 Å². The van der Waals surface area contributed by atoms with Gasteiger partial charge in [-0.05, 0) is 24.8 Å². The Morgan fingerprint density at radius 3 is 2.84 bits per heavy atom. The number of carbonyl (C=O) groups excluding carboxylic acids is 1. The van der Waals surface area contributed by atoms with Gasteiger partial charge >= 0.3 is 0 Å². The molecule has 2 fully saturated rings. The largest absolute Gasteiger partial charge is 0.472 e. The highest BCUT2D eigenvalue weighted by Crippen LogP contribution is 2.33. The summed E-state index contributed by atoms with van der Waals surface area (Å²) in [5.41, 5.74) is 0.683. The van der Waals surface area contributed by atoms with Crippen LogP contribution in [0.15, 0.2) is 23.0 Å². The van der Waals surface area contributed by atoms with Gasteiger partial charge < -0.3 is 9.32 Å². The van der Waals surface area contributed by atoms with E-state index in [1.54, 1.807) is 18.6 Å². The maximum Gasteiger partial charge on any atom is 0.257 e. The van der Waals surface area contributed by atoms with Crippen LogP contribution in [0.25, 0.3) is 0 Å². The van der Waals surface area contributed by atoms with Crippen molar-refractivity contribution in [1.29, 1.82) is 0 Å². The fourth-order valence-corrected chi connectivity index (χ4v) is 3.58. The number of likely N-dealkylation sites (tertiary alicyclic amines) is 2. The minimum Gasteiger partial charge on any atom is -0.472 e. The second-order valence-electron chi connectivity index (χ2n) is 6.11. The lowest BCUT2D eigenvalue weighted by atomic mass is 10.1. The molecular formula is C15H22N2O2. The van der Waals surface area contributed by atoms with Crippen molar-refractivity contribution < 1.29 is 9.21 Å². The number of amides is 1. The molecule has 4 heteroatoms. The lowest BCUT2D eigenvalue weighted by Gasteiger charge is -2.26. The van der Waals surface area contributed by atoms with Gasteiger partial charge in [-0.1, -0.05) is 13.8 Å². The predicted molar refractivity (Wildman–Crippen MR) is 73.0 cm³/mol. The van der Waals surface area contributed by atoms with Gasteiger partial charge in [0.1, 0.15) is 6.26 Å². The normalized spacial score (nSPS) is 27.2. The second kappa shape index (κ2) is 5.00. The van der Waals surface area contributed by atoms with Gasteiger partial charge in [0.05, 0.1) is 11.8 Å². The van der Waals surface area contributed by atoms with E-state index in [9.17, 15) is 4.79 Å². The molecule has 0 bridgehead atoms. The van der Waals surface area contributed by atoms with Crippen molar-refractivity contribution >= 4 is 5.91 Å². The zero-order valence-electron chi connectivity index (χ0n) is 11.7. The lowest BCUT2D eigenvalue weighted by molar-refractivity contribution is 0.0731. The molecule has 2 saturated heterocycles. The molecule has 4 nitrogen and oxygen atoms in total. The average Bonchev–Trinajstić information content (AvgIpc) is 3.04. The molecule has 2 aliphatic heterocycles. The first-order valence-corrected chi connectivity index (χ1v) is 7.24. The molecule has 3 rings (SSSR count). The number of hydrogen-bond donors (Lipinski definition) is 0. The van der Waals surface area contributed by atoms with E-state index in [1.807, 2.05) is 0 Å². The summed E-state index contributed by atoms with van der Waals surface area (Å²) in [5.74, 6) is 0.824. The number of nitrogens with zero attached hydrogens (tertiary/aromatic N) is 2. The van der Waals surface area contributed by atoms with E-state index in [0.717, 1.165) is 32.5 Å². The van der Waals surface area contributed by atoms with E-state index in [0.29, 0.717) is 23.6 Å². The molecule has 0 unspecified atom stereocenters. The van der Waals surface area contributed by atoms with Crippen molar-refractivity contribution in [3.63, 3.8) is 0 Å². The molecule has 3 heterocycles. The van der Waals surface area contributed by atoms with Gasteiger partial charge in [-0.3, -0.25) is 9.69 Å². The summed E-state index contributed by atoms with van der Waals surface area (Å²) in [7, 11) is 0. The minimum absolute atomic E-state index is 0.132. The Bertz CT molecular complexity index is 441. The molecule has 19 heavy (non-hydrogen) atoms. The third kappa shape index (κ3) is 2.29. The summed E-state index contributed by atoms with van der Waals surface area (Å²) >= 11 is 0. The number of carbonyl (C=O) groups is 1. The van der Waals surface area contributed by atoms with Crippen LogP contribution in [0.2, 0.25) is 0 Å². The van der Waals surface area contributed by atoms with Crippen LogP contribution in [0.1, 0.15) is 37.0 Å². The standard InChI is InChI=1S/C15H22N2O2/c1-11(2)9-16-6-3-14-13(16)4-7-17(14)15(18)12-5-8-19-10-12/h5,8,10-11,13-14H,3-4,6-7,9H2,1-2H3/t13-,14+/m0/s1. The van der Waals surface area contributed by atoms with E-state index >= 15 is 0 Å². The zero-order chi connectivity index (χ0) is 13.4. The van der Waals surface area contributed by atoms with Crippen LogP contribution < -0.4 is 0 Å². The Morgan fingerprint density at radius 1 is 1.37 bits per heavy atom. The van der Waals surface area contributed by atoms with E-state index < -0.39 is 0 Å². The Hall–Kier alpha value is -1.29. The minimum atomic E-state index is 0.132. The first-order valence-electron chi connectivity index (χ1n) is 7.24. The molecule has 0 spiro atoms. The maximum absolute atomic E-state index is 12.4. The lowest BCUT2D eigenvalue weighted by Crippen LogP contribution is -2.40. The summed E-state index contributed by atoms with van der Waals surface area (Å²) in [6.45, 7) is 7.68. The SMILES string of the molecule is CC(C)CN1CC[C@@H]2[C@@H]1CCN2C(=O)c1ccoc1. The summed E-state index contributed by atoms with van der Waals surface area (Å²) in [5, 5.41) is 0. The van der Waals surface area contributed by atoms with Gasteiger partial charge in [0, 0.05) is 31.7 Å². The summed E-state index contributed by atoms with van der Waals surface area (Å²) in [4.78, 5) is 17.0. The van der Waals surface area contributed by atoms with Crippen LogP contribution in [0.4, 0.5) is 0 Å². The van der Waals surface area contributed by atoms with Crippen molar-refractivity contribution in [3.8, 4) is 0 Å². The molecule has 1 aromatic rings. The average molecular weight is 262 g/mol. The van der Waals surface area contributed by atoms with Crippen LogP contribution in [0.5, 0.6) is 0 Å². The molecule has 0 aromatic carbocycles. The number of fused-ring (bicyclic) bond motifs is 1. The van der Waals surface area contributed by atoms with Crippen LogP contribution >= 0.6 is 0 Å². The molecule has 2 aliphatic rings. The Kier molecular flexibility index (Phi) is 3.35. The highest BCUT2D eigenvalue weighted by molar-refractivity contribution is 5.94. The van der Waals surface area contributed by atoms with Crippen molar-refractivity contribution in [2.75, 3.05) is 19.6 Å². The molecule has 0 N–H and O–H groups in total. The number of hydrogen-bond acceptors (Lipinski definition) is 3. The van der Waals surface area contributed by atoms with Crippen molar-refractivity contribution in [1.82, 2.24) is 9.80 Å². The summed E-state index contributed by atoms with van der Waals surface area (Å²) in [6, 6.07) is 2.73. The fourth-order valence-electron chi connectivity index (χ4n) is 3.58. The molecule has 2 atom stereocenters. The van der Waals surface area contributed by atoms with Gasteiger partial charge in [0.15, 0.2) is 0 Å². The van der Waals surface area contributed by atoms with Crippen LogP contribution in [-0.2, 0) is 0 Å². The first-order chi connectivity index (χ1) is 9.16. The molecule has 0 radical (unpaired) electrons. The molecular weight excluding hydrogens is 240 g/mol. The quantitative estimate of drug-likeness (QED) is 0.838. The van der Waals surface area contributed by atoms with Gasteiger partial charge in [-0.2, -0.15) is 0 Å². The van der Waals surface area contributed by atoms with Crippen LogP contribution in [-0.4, -0.2) is 47.4 Å². The van der Waals surface area contributed by atoms with Crippen molar-refractivity contribution in [3.05, 3.63) is 24.2 Å². The summed E-state index contributed by atoms with van der Waals surface area (Å²) in [6.07, 6.45) is 5.35. The van der Waals surface area contributed by atoms with Crippen molar-refractivity contribution in [2.45, 2.75) is 38.8 Å². The third-order valence-electron chi connectivity index (χ3n) is 4.32. The van der Waals surface area contributed by atoms with E-state index in [1.165, 1.54) is 0 Å². The highest BCUT2D eigenvalue weighted by atomic mass is 16.3. The van der Waals surface area contributed by atoms with Gasteiger partial charge in [-0.15, -0.1) is 0 Å². The van der Waals surface area contributed by atoms with E-state index in [2.05, 4.69) is 23.6 Å². The number of furan rings is 1. The van der Waals surface area contributed by atoms with Crippen molar-refractivity contribution in [2.24, 2.45) is 5.92 Å². The summed E-state index contributed by atoms with van der Waals surface area (Å²) < 4.78 is 5.02. The molecule has 0 saturated carbocycles. The highest BCUT2D eigenvalue weighted by Gasteiger charge is 2.44. The fraction of sp³-hybridized carbons (Fsp3) is 0.667. The molecule has 1 aromatic heterocycles. The topological polar surface area (TPSA) is 36.7 Å². The van der Waals surface area contributed by atoms with Gasteiger partial charge in [0.25, 0.3) is 5.91 Å². The van der Waals surface area contributed by atoms with Gasteiger partial charge in [0.2, 0.25) is 0 Å². The predicted octanol–water partition coefficient (Wildman–Crippen LogP) is 2.22. The van der Waals surface area contributed by atoms with Gasteiger partial charge in [-0.25, -0.2) is 0 Å². The smallest absolute Gasteiger partial charge is 0.257 e. The maximum atomic E-state index is 12.4. The second-order valence-corrected chi connectivity index (χ2v) is 6.11. The third-order valence-corrected chi connectivity index (χ3v) is 4.32. The van der Waals surface area contributed by atoms with E-state index in [4.69, 9.17) is 4.42 Å². The molecule has 104 valence electrons.